The molecule has 104 valence electrons. The smallest absolute Gasteiger partial charge is 0.243 e. The first-order chi connectivity index (χ1) is 8.82. The Hall–Kier alpha value is -1.44. The van der Waals surface area contributed by atoms with Crippen molar-refractivity contribution in [2.24, 2.45) is 0 Å². The van der Waals surface area contributed by atoms with Crippen LogP contribution < -0.4 is 5.11 Å². The van der Waals surface area contributed by atoms with Crippen molar-refractivity contribution in [1.29, 1.82) is 0 Å². The molecule has 0 bridgehead atoms. The van der Waals surface area contributed by atoms with Crippen molar-refractivity contribution in [1.82, 2.24) is 4.31 Å². The van der Waals surface area contributed by atoms with Gasteiger partial charge in [0.15, 0.2) is 0 Å². The number of hydrogen-bond acceptors (Lipinski definition) is 5. The molecule has 1 aliphatic heterocycles. The van der Waals surface area contributed by atoms with Gasteiger partial charge in [0.05, 0.1) is 23.0 Å². The van der Waals surface area contributed by atoms with E-state index in [2.05, 4.69) is 0 Å². The minimum atomic E-state index is -3.93. The van der Waals surface area contributed by atoms with Gasteiger partial charge < -0.3 is 15.0 Å². The lowest BCUT2D eigenvalue weighted by molar-refractivity contribution is -0.309. The van der Waals surface area contributed by atoms with Crippen molar-refractivity contribution in [3.8, 4) is 0 Å². The van der Waals surface area contributed by atoms with Crippen molar-refractivity contribution in [2.45, 2.75) is 30.4 Å². The Kier molecular flexibility index (Phi) is 3.62. The number of carbonyl (C=O) groups is 1. The molecule has 1 aliphatic rings. The van der Waals surface area contributed by atoms with Crippen LogP contribution in [-0.4, -0.2) is 42.5 Å². The van der Waals surface area contributed by atoms with Gasteiger partial charge in [-0.25, -0.2) is 8.42 Å². The fourth-order valence-electron chi connectivity index (χ4n) is 2.11. The number of aliphatic hydroxyl groups excluding tert-OH is 1. The first-order valence-electron chi connectivity index (χ1n) is 5.80. The number of aliphatic hydroxyl groups is 1. The van der Waals surface area contributed by atoms with E-state index in [9.17, 15) is 23.4 Å². The van der Waals surface area contributed by atoms with Gasteiger partial charge in [0.25, 0.3) is 0 Å². The summed E-state index contributed by atoms with van der Waals surface area (Å²) in [5.41, 5.74) is 0.900. The number of aliphatic carboxylic acids is 1. The van der Waals surface area contributed by atoms with Gasteiger partial charge in [-0.3, -0.25) is 0 Å². The molecule has 1 heterocycles. The van der Waals surface area contributed by atoms with Gasteiger partial charge in [0, 0.05) is 6.54 Å². The Morgan fingerprint density at radius 1 is 1.37 bits per heavy atom. The predicted octanol–water partition coefficient (Wildman–Crippen LogP) is -1.13. The van der Waals surface area contributed by atoms with E-state index in [4.69, 9.17) is 0 Å². The summed E-state index contributed by atoms with van der Waals surface area (Å²) in [6, 6.07) is 4.78. The van der Waals surface area contributed by atoms with E-state index >= 15 is 0 Å². The number of rotatable bonds is 3. The highest BCUT2D eigenvalue weighted by molar-refractivity contribution is 7.89. The lowest BCUT2D eigenvalue weighted by atomic mass is 10.2. The second-order valence-electron chi connectivity index (χ2n) is 4.61. The summed E-state index contributed by atoms with van der Waals surface area (Å²) < 4.78 is 25.4. The molecule has 0 aliphatic carbocycles. The first-order valence-corrected chi connectivity index (χ1v) is 7.24. The zero-order chi connectivity index (χ0) is 14.2. The second-order valence-corrected chi connectivity index (χ2v) is 6.50. The van der Waals surface area contributed by atoms with E-state index in [0.29, 0.717) is 0 Å². The summed E-state index contributed by atoms with van der Waals surface area (Å²) in [6.07, 6.45) is -1.13. The highest BCUT2D eigenvalue weighted by atomic mass is 32.2. The molecule has 1 N–H and O–H groups in total. The average molecular weight is 284 g/mol. The topological polar surface area (TPSA) is 97.7 Å². The minimum absolute atomic E-state index is 0.0125. The van der Waals surface area contributed by atoms with Crippen molar-refractivity contribution >= 4 is 16.0 Å². The number of carbonyl (C=O) groups excluding carboxylic acids is 1. The molecule has 0 unspecified atom stereocenters. The van der Waals surface area contributed by atoms with Crippen molar-refractivity contribution in [2.75, 3.05) is 6.54 Å². The molecule has 1 aromatic carbocycles. The monoisotopic (exact) mass is 284 g/mol. The Bertz CT molecular complexity index is 581. The molecule has 7 heteroatoms. The molecule has 0 radical (unpaired) electrons. The molecule has 0 saturated carbocycles. The summed E-state index contributed by atoms with van der Waals surface area (Å²) >= 11 is 0. The molecule has 6 nitrogen and oxygen atoms in total. The van der Waals surface area contributed by atoms with Crippen LogP contribution in [0.1, 0.15) is 12.0 Å². The van der Waals surface area contributed by atoms with Crippen LogP contribution in [0.4, 0.5) is 0 Å². The molecule has 1 fully saturated rings. The number of sulfonamides is 1. The maximum absolute atomic E-state index is 12.3. The van der Waals surface area contributed by atoms with Crippen LogP contribution in [-0.2, 0) is 14.8 Å². The summed E-state index contributed by atoms with van der Waals surface area (Å²) in [7, 11) is -3.93. The number of β-amino-alcohol motifs (C(OH)–C–C–N with tert-alkyl or cyclic N) is 1. The largest absolute Gasteiger partial charge is 0.548 e. The molecule has 0 spiro atoms. The number of nitrogens with zero attached hydrogens (tertiary/aromatic N) is 1. The van der Waals surface area contributed by atoms with Crippen molar-refractivity contribution in [3.05, 3.63) is 29.8 Å². The van der Waals surface area contributed by atoms with E-state index < -0.39 is 28.1 Å². The molecule has 2 atom stereocenters. The average Bonchev–Trinajstić information content (AvgIpc) is 2.73. The van der Waals surface area contributed by atoms with Crippen LogP contribution >= 0.6 is 0 Å². The van der Waals surface area contributed by atoms with Crippen LogP contribution in [0.15, 0.2) is 29.2 Å². The Balaban J connectivity index is 2.38. The highest BCUT2D eigenvalue weighted by Crippen LogP contribution is 2.26. The third-order valence-electron chi connectivity index (χ3n) is 3.13. The molecule has 1 saturated heterocycles. The highest BCUT2D eigenvalue weighted by Gasteiger charge is 2.40. The van der Waals surface area contributed by atoms with E-state index in [1.165, 1.54) is 12.1 Å². The van der Waals surface area contributed by atoms with Crippen LogP contribution in [0.3, 0.4) is 0 Å². The lowest BCUT2D eigenvalue weighted by Crippen LogP contribution is -2.46. The minimum Gasteiger partial charge on any atom is -0.548 e. The summed E-state index contributed by atoms with van der Waals surface area (Å²) in [4.78, 5) is 11.0. The maximum Gasteiger partial charge on any atom is 0.243 e. The SMILES string of the molecule is Cc1ccc(S(=O)(=O)N2C[C@H](O)C[C@@H]2C(=O)[O-])cc1. The number of aryl methyl sites for hydroxylation is 1. The molecule has 2 rings (SSSR count). The molecule has 0 aromatic heterocycles. The number of benzene rings is 1. The van der Waals surface area contributed by atoms with Gasteiger partial charge in [0.1, 0.15) is 0 Å². The third-order valence-corrected chi connectivity index (χ3v) is 5.02. The fourth-order valence-corrected chi connectivity index (χ4v) is 3.74. The zero-order valence-corrected chi connectivity index (χ0v) is 11.1. The van der Waals surface area contributed by atoms with Gasteiger partial charge in [0.2, 0.25) is 10.0 Å². The zero-order valence-electron chi connectivity index (χ0n) is 10.3. The Morgan fingerprint density at radius 2 is 1.95 bits per heavy atom. The summed E-state index contributed by atoms with van der Waals surface area (Å²) in [6.45, 7) is 1.59. The number of carboxylic acid groups (broad SMARTS) is 1. The Morgan fingerprint density at radius 3 is 2.47 bits per heavy atom. The van der Waals surface area contributed by atoms with E-state index in [0.717, 1.165) is 9.87 Å². The second kappa shape index (κ2) is 4.92. The van der Waals surface area contributed by atoms with Gasteiger partial charge in [-0.15, -0.1) is 0 Å². The lowest BCUT2D eigenvalue weighted by Gasteiger charge is -2.24. The standard InChI is InChI=1S/C12H15NO5S/c1-8-2-4-10(5-3-8)19(17,18)13-7-9(14)6-11(13)12(15)16/h2-5,9,11,14H,6-7H2,1H3,(H,15,16)/p-1/t9-,11-/m1/s1. The predicted molar refractivity (Wildman–Crippen MR) is 64.5 cm³/mol. The fraction of sp³-hybridized carbons (Fsp3) is 0.417. The molecule has 1 aromatic rings. The summed E-state index contributed by atoms with van der Waals surface area (Å²) in [5, 5.41) is 20.4. The van der Waals surface area contributed by atoms with Gasteiger partial charge >= 0.3 is 0 Å². The Labute approximate surface area is 111 Å². The van der Waals surface area contributed by atoms with Gasteiger partial charge in [-0.2, -0.15) is 4.31 Å². The quantitative estimate of drug-likeness (QED) is 0.757. The summed E-state index contributed by atoms with van der Waals surface area (Å²) in [5.74, 6) is -1.49. The van der Waals surface area contributed by atoms with Crippen LogP contribution in [0.2, 0.25) is 0 Å². The van der Waals surface area contributed by atoms with Crippen molar-refractivity contribution in [3.63, 3.8) is 0 Å². The molecular weight excluding hydrogens is 270 g/mol. The van der Waals surface area contributed by atoms with Gasteiger partial charge in [-0.1, -0.05) is 17.7 Å². The number of carboxylic acids is 1. The maximum atomic E-state index is 12.3. The van der Waals surface area contributed by atoms with E-state index in [1.54, 1.807) is 12.1 Å². The first kappa shape index (κ1) is 14.0. The van der Waals surface area contributed by atoms with E-state index in [-0.39, 0.29) is 17.9 Å². The van der Waals surface area contributed by atoms with Crippen LogP contribution in [0.5, 0.6) is 0 Å². The molecule has 0 amide bonds. The van der Waals surface area contributed by atoms with Gasteiger partial charge in [-0.05, 0) is 25.5 Å². The third kappa shape index (κ3) is 2.63. The van der Waals surface area contributed by atoms with Crippen molar-refractivity contribution < 1.29 is 23.4 Å². The van der Waals surface area contributed by atoms with Crippen LogP contribution in [0.25, 0.3) is 0 Å². The normalized spacial score (nSPS) is 24.5. The van der Waals surface area contributed by atoms with E-state index in [1.807, 2.05) is 6.92 Å². The van der Waals surface area contributed by atoms with Crippen LogP contribution in [0, 0.1) is 6.92 Å². The molecule has 19 heavy (non-hydrogen) atoms. The molecular formula is C12H14NO5S-. The number of hydrogen-bond donors (Lipinski definition) is 1.